The first-order chi connectivity index (χ1) is 11.5. The van der Waals surface area contributed by atoms with Crippen LogP contribution in [0.25, 0.3) is 0 Å². The Balaban J connectivity index is 1.95. The summed E-state index contributed by atoms with van der Waals surface area (Å²) in [6, 6.07) is 7.42. The molecular formula is C19H28N2O3. The van der Waals surface area contributed by atoms with Crippen molar-refractivity contribution < 1.29 is 14.3 Å². The predicted molar refractivity (Wildman–Crippen MR) is 95.2 cm³/mol. The Morgan fingerprint density at radius 3 is 2.58 bits per heavy atom. The highest BCUT2D eigenvalue weighted by Gasteiger charge is 2.22. The van der Waals surface area contributed by atoms with Crippen LogP contribution in [-0.4, -0.2) is 43.0 Å². The molecule has 0 spiro atoms. The van der Waals surface area contributed by atoms with E-state index in [4.69, 9.17) is 4.74 Å². The van der Waals surface area contributed by atoms with Crippen LogP contribution in [0.3, 0.4) is 0 Å². The van der Waals surface area contributed by atoms with E-state index >= 15 is 0 Å². The first kappa shape index (κ1) is 18.3. The molecule has 1 aromatic carbocycles. The lowest BCUT2D eigenvalue weighted by Gasteiger charge is -2.31. The Kier molecular flexibility index (Phi) is 6.64. The molecule has 1 heterocycles. The molecule has 0 saturated carbocycles. The fraction of sp³-hybridized carbons (Fsp3) is 0.579. The zero-order chi connectivity index (χ0) is 17.5. The van der Waals surface area contributed by atoms with Crippen molar-refractivity contribution in [3.63, 3.8) is 0 Å². The summed E-state index contributed by atoms with van der Waals surface area (Å²) in [6.07, 6.45) is 2.62. The number of hydrogen-bond donors (Lipinski definition) is 0. The van der Waals surface area contributed by atoms with Crippen LogP contribution in [0.1, 0.15) is 40.0 Å². The average Bonchev–Trinajstić information content (AvgIpc) is 2.56. The van der Waals surface area contributed by atoms with Gasteiger partial charge in [-0.05, 0) is 49.9 Å². The molecule has 24 heavy (non-hydrogen) atoms. The summed E-state index contributed by atoms with van der Waals surface area (Å²) >= 11 is 0. The topological polar surface area (TPSA) is 49.9 Å². The van der Waals surface area contributed by atoms with E-state index in [9.17, 15) is 9.59 Å². The van der Waals surface area contributed by atoms with Gasteiger partial charge in [0, 0.05) is 38.7 Å². The number of benzene rings is 1. The van der Waals surface area contributed by atoms with Gasteiger partial charge in [0.05, 0.1) is 6.61 Å². The Bertz CT molecular complexity index is 556. The van der Waals surface area contributed by atoms with Gasteiger partial charge in [-0.15, -0.1) is 0 Å². The van der Waals surface area contributed by atoms with Gasteiger partial charge in [0.2, 0.25) is 11.8 Å². The third kappa shape index (κ3) is 4.98. The van der Waals surface area contributed by atoms with Crippen molar-refractivity contribution in [1.82, 2.24) is 4.90 Å². The minimum atomic E-state index is -0.0565. The van der Waals surface area contributed by atoms with Crippen molar-refractivity contribution >= 4 is 17.5 Å². The van der Waals surface area contributed by atoms with Gasteiger partial charge < -0.3 is 14.5 Å². The molecule has 1 aliphatic rings. The number of ether oxygens (including phenoxy) is 1. The number of nitrogens with zero attached hydrogens (tertiary/aromatic N) is 2. The number of anilines is 1. The van der Waals surface area contributed by atoms with Crippen LogP contribution in [0.4, 0.5) is 5.69 Å². The standard InChI is InChI=1S/C19H28N2O3/c1-4-24-18-9-7-17(8-10-18)21(16(3)22)13-11-19(23)20-12-5-6-15(2)14-20/h7-10,15H,4-6,11-14H2,1-3H3. The summed E-state index contributed by atoms with van der Waals surface area (Å²) in [6.45, 7) is 8.34. The van der Waals surface area contributed by atoms with Crippen molar-refractivity contribution in [3.8, 4) is 5.75 Å². The maximum Gasteiger partial charge on any atom is 0.224 e. The molecule has 2 rings (SSSR count). The highest BCUT2D eigenvalue weighted by molar-refractivity contribution is 5.92. The van der Waals surface area contributed by atoms with E-state index in [-0.39, 0.29) is 11.8 Å². The van der Waals surface area contributed by atoms with Crippen molar-refractivity contribution in [2.45, 2.75) is 40.0 Å². The minimum Gasteiger partial charge on any atom is -0.494 e. The summed E-state index contributed by atoms with van der Waals surface area (Å²) < 4.78 is 5.42. The van der Waals surface area contributed by atoms with Crippen molar-refractivity contribution in [2.24, 2.45) is 5.92 Å². The molecule has 1 saturated heterocycles. The van der Waals surface area contributed by atoms with E-state index in [1.54, 1.807) is 4.90 Å². The monoisotopic (exact) mass is 332 g/mol. The Morgan fingerprint density at radius 1 is 1.29 bits per heavy atom. The average molecular weight is 332 g/mol. The van der Waals surface area contributed by atoms with Crippen LogP contribution >= 0.6 is 0 Å². The summed E-state index contributed by atoms with van der Waals surface area (Å²) in [5, 5.41) is 0. The number of carbonyl (C=O) groups is 2. The molecule has 1 unspecified atom stereocenters. The van der Waals surface area contributed by atoms with Crippen LogP contribution in [0, 0.1) is 5.92 Å². The summed E-state index contributed by atoms with van der Waals surface area (Å²) in [4.78, 5) is 28.0. The smallest absolute Gasteiger partial charge is 0.224 e. The number of piperidine rings is 1. The van der Waals surface area contributed by atoms with Gasteiger partial charge in [-0.1, -0.05) is 6.92 Å². The van der Waals surface area contributed by atoms with Crippen LogP contribution in [0.2, 0.25) is 0 Å². The first-order valence-electron chi connectivity index (χ1n) is 8.80. The van der Waals surface area contributed by atoms with Crippen LogP contribution < -0.4 is 9.64 Å². The van der Waals surface area contributed by atoms with Gasteiger partial charge >= 0.3 is 0 Å². The summed E-state index contributed by atoms with van der Waals surface area (Å²) in [7, 11) is 0. The van der Waals surface area contributed by atoms with Crippen molar-refractivity contribution in [3.05, 3.63) is 24.3 Å². The highest BCUT2D eigenvalue weighted by atomic mass is 16.5. The van der Waals surface area contributed by atoms with Crippen LogP contribution in [0.5, 0.6) is 5.75 Å². The third-order valence-electron chi connectivity index (χ3n) is 4.40. The fourth-order valence-corrected chi connectivity index (χ4v) is 3.14. The molecule has 1 atom stereocenters. The first-order valence-corrected chi connectivity index (χ1v) is 8.80. The lowest BCUT2D eigenvalue weighted by atomic mass is 10.00. The lowest BCUT2D eigenvalue weighted by Crippen LogP contribution is -2.41. The molecule has 0 aromatic heterocycles. The second-order valence-corrected chi connectivity index (χ2v) is 6.43. The van der Waals surface area contributed by atoms with Gasteiger partial charge in [0.25, 0.3) is 0 Å². The number of likely N-dealkylation sites (tertiary alicyclic amines) is 1. The molecule has 0 radical (unpaired) electrons. The molecule has 5 nitrogen and oxygen atoms in total. The second-order valence-electron chi connectivity index (χ2n) is 6.43. The summed E-state index contributed by atoms with van der Waals surface area (Å²) in [5.41, 5.74) is 0.797. The van der Waals surface area contributed by atoms with E-state index in [1.165, 1.54) is 13.3 Å². The largest absolute Gasteiger partial charge is 0.494 e. The maximum absolute atomic E-state index is 12.4. The van der Waals surface area contributed by atoms with Gasteiger partial charge in [-0.3, -0.25) is 9.59 Å². The zero-order valence-corrected chi connectivity index (χ0v) is 15.0. The number of amides is 2. The Hall–Kier alpha value is -2.04. The maximum atomic E-state index is 12.4. The Morgan fingerprint density at radius 2 is 2.00 bits per heavy atom. The molecule has 1 aromatic rings. The van der Waals surface area contributed by atoms with Gasteiger partial charge in [0.1, 0.15) is 5.75 Å². The summed E-state index contributed by atoms with van der Waals surface area (Å²) in [5.74, 6) is 1.43. The van der Waals surface area contributed by atoms with E-state index in [2.05, 4.69) is 6.92 Å². The van der Waals surface area contributed by atoms with Crippen LogP contribution in [0.15, 0.2) is 24.3 Å². The molecule has 2 amide bonds. The van der Waals surface area contributed by atoms with Gasteiger partial charge in [0.15, 0.2) is 0 Å². The number of hydrogen-bond acceptors (Lipinski definition) is 3. The van der Waals surface area contributed by atoms with E-state index in [0.717, 1.165) is 30.9 Å². The predicted octanol–water partition coefficient (Wildman–Crippen LogP) is 3.09. The number of carbonyl (C=O) groups excluding carboxylic acids is 2. The van der Waals surface area contributed by atoms with Crippen molar-refractivity contribution in [2.75, 3.05) is 31.1 Å². The second kappa shape index (κ2) is 8.71. The van der Waals surface area contributed by atoms with E-state index < -0.39 is 0 Å². The SMILES string of the molecule is CCOc1ccc(N(CCC(=O)N2CCCC(C)C2)C(C)=O)cc1. The number of rotatable bonds is 6. The zero-order valence-electron chi connectivity index (χ0n) is 15.0. The minimum absolute atomic E-state index is 0.0565. The van der Waals surface area contributed by atoms with E-state index in [1.807, 2.05) is 36.1 Å². The quantitative estimate of drug-likeness (QED) is 0.804. The lowest BCUT2D eigenvalue weighted by molar-refractivity contribution is -0.132. The van der Waals surface area contributed by atoms with Crippen molar-refractivity contribution in [1.29, 1.82) is 0 Å². The molecule has 0 aliphatic carbocycles. The van der Waals surface area contributed by atoms with E-state index in [0.29, 0.717) is 25.5 Å². The molecule has 5 heteroatoms. The van der Waals surface area contributed by atoms with Gasteiger partial charge in [-0.25, -0.2) is 0 Å². The Labute approximate surface area is 144 Å². The molecule has 0 N–H and O–H groups in total. The van der Waals surface area contributed by atoms with Gasteiger partial charge in [-0.2, -0.15) is 0 Å². The van der Waals surface area contributed by atoms with Crippen LogP contribution in [-0.2, 0) is 9.59 Å². The molecule has 0 bridgehead atoms. The normalized spacial score (nSPS) is 17.5. The molecule has 132 valence electrons. The fourth-order valence-electron chi connectivity index (χ4n) is 3.14. The molecule has 1 aliphatic heterocycles. The highest BCUT2D eigenvalue weighted by Crippen LogP contribution is 2.21. The third-order valence-corrected chi connectivity index (χ3v) is 4.40. The molecular weight excluding hydrogens is 304 g/mol. The molecule has 1 fully saturated rings.